The summed E-state index contributed by atoms with van der Waals surface area (Å²) in [6.07, 6.45) is 1.75. The standard InChI is InChI=1S/C12H16O2.H5O10P3/c13-12-6-11(7-12)9-14-8-10-4-2-1-3-5-10;1-11(2,3)9-13(7,8)10-12(4,5)6/h1-5,11-13H,6-9H2;(H,7,8)(H2,1,2,3)(H2,4,5,6). The maximum atomic E-state index is 10.4. The zero-order chi connectivity index (χ0) is 20.7. The largest absolute Gasteiger partial charge is 0.490 e. The van der Waals surface area contributed by atoms with Gasteiger partial charge in [-0.3, -0.25) is 0 Å². The number of rotatable bonds is 8. The Bertz CT molecular complexity index is 680. The number of hydrogen-bond donors (Lipinski definition) is 6. The molecule has 0 unspecified atom stereocenters. The van der Waals surface area contributed by atoms with Crippen LogP contribution in [-0.4, -0.2) is 42.3 Å². The molecule has 12 nitrogen and oxygen atoms in total. The number of aliphatic hydroxyl groups excluding tert-OH is 1. The first kappa shape index (κ1) is 24.6. The van der Waals surface area contributed by atoms with E-state index >= 15 is 0 Å². The van der Waals surface area contributed by atoms with Crippen molar-refractivity contribution >= 4 is 23.5 Å². The van der Waals surface area contributed by atoms with E-state index in [4.69, 9.17) is 34.3 Å². The molecule has 1 aromatic carbocycles. The van der Waals surface area contributed by atoms with E-state index in [9.17, 15) is 13.7 Å². The number of aliphatic hydroxyl groups is 1. The molecule has 15 heteroatoms. The number of hydrogen-bond acceptors (Lipinski definition) is 7. The summed E-state index contributed by atoms with van der Waals surface area (Å²) in [5.74, 6) is 0.578. The highest BCUT2D eigenvalue weighted by Gasteiger charge is 2.38. The summed E-state index contributed by atoms with van der Waals surface area (Å²) in [4.78, 5) is 40.2. The van der Waals surface area contributed by atoms with Crippen molar-refractivity contribution in [3.8, 4) is 0 Å². The van der Waals surface area contributed by atoms with Gasteiger partial charge in [0.2, 0.25) is 0 Å². The van der Waals surface area contributed by atoms with Crippen LogP contribution < -0.4 is 0 Å². The first-order chi connectivity index (χ1) is 12.3. The molecule has 0 aliphatic heterocycles. The van der Waals surface area contributed by atoms with Crippen LogP contribution in [-0.2, 0) is 33.7 Å². The second kappa shape index (κ2) is 10.4. The lowest BCUT2D eigenvalue weighted by molar-refractivity contribution is -0.0145. The molecule has 1 aliphatic rings. The number of ether oxygens (including phenoxy) is 1. The van der Waals surface area contributed by atoms with E-state index in [0.717, 1.165) is 19.4 Å². The normalized spacial score (nSPS) is 20.4. The highest BCUT2D eigenvalue weighted by molar-refractivity contribution is 7.66. The fourth-order valence-electron chi connectivity index (χ4n) is 2.04. The van der Waals surface area contributed by atoms with Crippen molar-refractivity contribution in [2.24, 2.45) is 5.92 Å². The van der Waals surface area contributed by atoms with Gasteiger partial charge in [-0.05, 0) is 24.3 Å². The third-order valence-electron chi connectivity index (χ3n) is 3.10. The van der Waals surface area contributed by atoms with Crippen molar-refractivity contribution in [1.82, 2.24) is 0 Å². The molecule has 2 rings (SSSR count). The molecular formula is C12H21O12P3. The molecule has 1 saturated carbocycles. The highest BCUT2D eigenvalue weighted by Crippen LogP contribution is 2.64. The monoisotopic (exact) mass is 450 g/mol. The van der Waals surface area contributed by atoms with Crippen molar-refractivity contribution in [2.75, 3.05) is 6.61 Å². The van der Waals surface area contributed by atoms with Crippen molar-refractivity contribution in [2.45, 2.75) is 25.6 Å². The average Bonchev–Trinajstić information content (AvgIpc) is 2.41. The van der Waals surface area contributed by atoms with Crippen molar-refractivity contribution < 1.29 is 56.6 Å². The van der Waals surface area contributed by atoms with E-state index in [0.29, 0.717) is 12.5 Å². The van der Waals surface area contributed by atoms with Gasteiger partial charge < -0.3 is 34.3 Å². The predicted molar refractivity (Wildman–Crippen MR) is 90.9 cm³/mol. The summed E-state index contributed by atoms with van der Waals surface area (Å²) in [6, 6.07) is 10.2. The lowest BCUT2D eigenvalue weighted by Gasteiger charge is -2.30. The smallest absolute Gasteiger partial charge is 0.393 e. The van der Waals surface area contributed by atoms with Gasteiger partial charge in [-0.25, -0.2) is 13.7 Å². The van der Waals surface area contributed by atoms with Crippen molar-refractivity contribution in [3.63, 3.8) is 0 Å². The maximum absolute atomic E-state index is 10.4. The molecule has 1 aliphatic carbocycles. The molecule has 27 heavy (non-hydrogen) atoms. The van der Waals surface area contributed by atoms with Gasteiger partial charge in [0.15, 0.2) is 0 Å². The number of benzene rings is 1. The van der Waals surface area contributed by atoms with E-state index in [1.165, 1.54) is 5.56 Å². The van der Waals surface area contributed by atoms with Gasteiger partial charge in [-0.2, -0.15) is 8.62 Å². The van der Waals surface area contributed by atoms with Crippen molar-refractivity contribution in [3.05, 3.63) is 35.9 Å². The Morgan fingerprint density at radius 1 is 0.889 bits per heavy atom. The van der Waals surface area contributed by atoms with Gasteiger partial charge in [-0.15, -0.1) is 0 Å². The summed E-state index contributed by atoms with van der Waals surface area (Å²) < 4.78 is 41.9. The summed E-state index contributed by atoms with van der Waals surface area (Å²) >= 11 is 0. The molecule has 0 radical (unpaired) electrons. The summed E-state index contributed by atoms with van der Waals surface area (Å²) in [5, 5.41) is 9.08. The molecular weight excluding hydrogens is 429 g/mol. The van der Waals surface area contributed by atoms with Gasteiger partial charge in [0.25, 0.3) is 0 Å². The Balaban J connectivity index is 0.000000271. The first-order valence-corrected chi connectivity index (χ1v) is 12.0. The zero-order valence-corrected chi connectivity index (χ0v) is 16.5. The molecule has 1 aromatic rings. The molecule has 0 atom stereocenters. The van der Waals surface area contributed by atoms with Crippen molar-refractivity contribution in [1.29, 1.82) is 0 Å². The fourth-order valence-corrected chi connectivity index (χ4v) is 4.58. The molecule has 6 N–H and O–H groups in total. The van der Waals surface area contributed by atoms with Gasteiger partial charge in [-0.1, -0.05) is 30.3 Å². The third kappa shape index (κ3) is 12.6. The second-order valence-corrected chi connectivity index (χ2v) is 9.81. The van der Waals surface area contributed by atoms with Crippen LogP contribution in [0.2, 0.25) is 0 Å². The minimum Gasteiger partial charge on any atom is -0.393 e. The van der Waals surface area contributed by atoms with Crippen LogP contribution in [0.5, 0.6) is 0 Å². The SMILES string of the molecule is O=P(O)(O)OP(=O)(O)OP(=O)(O)O.OC1CC(COCc2ccccc2)C1. The second-order valence-electron chi connectivity index (χ2n) is 5.60. The summed E-state index contributed by atoms with van der Waals surface area (Å²) in [5.41, 5.74) is 1.22. The van der Waals surface area contributed by atoms with Crippen LogP contribution >= 0.6 is 23.5 Å². The van der Waals surface area contributed by atoms with Crippen LogP contribution in [0.15, 0.2) is 30.3 Å². The van der Waals surface area contributed by atoms with Crippen LogP contribution in [0.25, 0.3) is 0 Å². The lowest BCUT2D eigenvalue weighted by atomic mass is 9.83. The molecule has 156 valence electrons. The quantitative estimate of drug-likeness (QED) is 0.310. The maximum Gasteiger partial charge on any atom is 0.490 e. The van der Waals surface area contributed by atoms with E-state index < -0.39 is 23.5 Å². The zero-order valence-electron chi connectivity index (χ0n) is 13.8. The molecule has 1 fully saturated rings. The van der Waals surface area contributed by atoms with Crippen LogP contribution in [0.4, 0.5) is 0 Å². The highest BCUT2D eigenvalue weighted by atomic mass is 31.3. The first-order valence-electron chi connectivity index (χ1n) is 7.42. The Morgan fingerprint density at radius 2 is 1.37 bits per heavy atom. The Kier molecular flexibility index (Phi) is 9.44. The molecule has 0 heterocycles. The minimum absolute atomic E-state index is 0.0691. The molecule has 0 saturated heterocycles. The topological polar surface area (TPSA) is 200 Å². The van der Waals surface area contributed by atoms with Crippen LogP contribution in [0.3, 0.4) is 0 Å². The van der Waals surface area contributed by atoms with E-state index in [1.807, 2.05) is 18.2 Å². The lowest BCUT2D eigenvalue weighted by Crippen LogP contribution is -2.31. The molecule has 0 bridgehead atoms. The Morgan fingerprint density at radius 3 is 1.78 bits per heavy atom. The predicted octanol–water partition coefficient (Wildman–Crippen LogP) is 1.28. The Hall–Kier alpha value is -0.450. The Labute approximate surface area is 154 Å². The van der Waals surface area contributed by atoms with Gasteiger partial charge in [0, 0.05) is 0 Å². The van der Waals surface area contributed by atoms with Crippen LogP contribution in [0.1, 0.15) is 18.4 Å². The van der Waals surface area contributed by atoms with E-state index in [-0.39, 0.29) is 6.10 Å². The summed E-state index contributed by atoms with van der Waals surface area (Å²) in [7, 11) is -16.2. The summed E-state index contributed by atoms with van der Waals surface area (Å²) in [6.45, 7) is 1.47. The van der Waals surface area contributed by atoms with E-state index in [2.05, 4.69) is 20.8 Å². The van der Waals surface area contributed by atoms with Crippen LogP contribution in [0, 0.1) is 5.92 Å². The third-order valence-corrected chi connectivity index (χ3v) is 6.45. The molecule has 0 spiro atoms. The number of phosphoric acid groups is 3. The van der Waals surface area contributed by atoms with E-state index in [1.54, 1.807) is 0 Å². The molecule has 0 amide bonds. The molecule has 0 aromatic heterocycles. The van der Waals surface area contributed by atoms with Gasteiger partial charge in [0.05, 0.1) is 19.3 Å². The minimum atomic E-state index is -5.46. The fraction of sp³-hybridized carbons (Fsp3) is 0.500. The van der Waals surface area contributed by atoms with Gasteiger partial charge >= 0.3 is 23.5 Å². The average molecular weight is 450 g/mol. The van der Waals surface area contributed by atoms with Gasteiger partial charge in [0.1, 0.15) is 0 Å².